The summed E-state index contributed by atoms with van der Waals surface area (Å²) in [5.74, 6) is -0.304. The minimum Gasteiger partial charge on any atom is -0.302 e. The lowest BCUT2D eigenvalue weighted by Crippen LogP contribution is -2.29. The van der Waals surface area contributed by atoms with Crippen molar-refractivity contribution in [3.63, 3.8) is 0 Å². The SMILES string of the molecule is Cc1nc(C(NC(C)C)c2c(F)cccc2Cl)sc1C. The Kier molecular flexibility index (Phi) is 4.78. The Bertz CT molecular complexity index is 570. The van der Waals surface area contributed by atoms with E-state index in [1.54, 1.807) is 23.5 Å². The number of hydrogen-bond donors (Lipinski definition) is 1. The summed E-state index contributed by atoms with van der Waals surface area (Å²) < 4.78 is 14.2. The van der Waals surface area contributed by atoms with Crippen LogP contribution in [0.5, 0.6) is 0 Å². The Hall–Kier alpha value is -0.970. The van der Waals surface area contributed by atoms with Crippen LogP contribution >= 0.6 is 22.9 Å². The molecule has 0 bridgehead atoms. The first-order chi connectivity index (χ1) is 9.40. The van der Waals surface area contributed by atoms with Crippen LogP contribution in [0.3, 0.4) is 0 Å². The molecule has 1 N–H and O–H groups in total. The standard InChI is InChI=1S/C15H18ClFN2S/c1-8(2)18-14(15-19-9(3)10(4)20-15)13-11(16)6-5-7-12(13)17/h5-8,14,18H,1-4H3. The number of hydrogen-bond acceptors (Lipinski definition) is 3. The van der Waals surface area contributed by atoms with E-state index in [0.29, 0.717) is 10.6 Å². The lowest BCUT2D eigenvalue weighted by Gasteiger charge is -2.21. The van der Waals surface area contributed by atoms with Crippen LogP contribution in [0.25, 0.3) is 0 Å². The maximum absolute atomic E-state index is 14.2. The van der Waals surface area contributed by atoms with E-state index in [1.165, 1.54) is 6.07 Å². The molecule has 0 aliphatic rings. The van der Waals surface area contributed by atoms with Gasteiger partial charge in [-0.2, -0.15) is 0 Å². The van der Waals surface area contributed by atoms with E-state index >= 15 is 0 Å². The van der Waals surface area contributed by atoms with Crippen molar-refractivity contribution in [2.75, 3.05) is 0 Å². The van der Waals surface area contributed by atoms with Crippen LogP contribution in [0.2, 0.25) is 5.02 Å². The van der Waals surface area contributed by atoms with E-state index in [0.717, 1.165) is 15.6 Å². The van der Waals surface area contributed by atoms with Crippen molar-refractivity contribution in [3.05, 3.63) is 50.2 Å². The van der Waals surface area contributed by atoms with Gasteiger partial charge in [0.15, 0.2) is 0 Å². The first-order valence-electron chi connectivity index (χ1n) is 6.54. The first-order valence-corrected chi connectivity index (χ1v) is 7.73. The number of thiazole rings is 1. The highest BCUT2D eigenvalue weighted by Gasteiger charge is 2.24. The van der Waals surface area contributed by atoms with Crippen molar-refractivity contribution in [1.82, 2.24) is 10.3 Å². The van der Waals surface area contributed by atoms with E-state index in [9.17, 15) is 4.39 Å². The zero-order valence-corrected chi connectivity index (χ0v) is 13.6. The monoisotopic (exact) mass is 312 g/mol. The quantitative estimate of drug-likeness (QED) is 0.889. The van der Waals surface area contributed by atoms with E-state index in [4.69, 9.17) is 11.6 Å². The molecule has 108 valence electrons. The Balaban J connectivity index is 2.52. The minimum absolute atomic E-state index is 0.195. The summed E-state index contributed by atoms with van der Waals surface area (Å²) in [4.78, 5) is 5.69. The highest BCUT2D eigenvalue weighted by Crippen LogP contribution is 2.33. The summed E-state index contributed by atoms with van der Waals surface area (Å²) in [7, 11) is 0. The van der Waals surface area contributed by atoms with Crippen molar-refractivity contribution in [3.8, 4) is 0 Å². The van der Waals surface area contributed by atoms with Gasteiger partial charge in [-0.25, -0.2) is 9.37 Å². The second-order valence-corrected chi connectivity index (χ2v) is 6.73. The Morgan fingerprint density at radius 1 is 1.30 bits per heavy atom. The second kappa shape index (κ2) is 6.20. The van der Waals surface area contributed by atoms with Gasteiger partial charge >= 0.3 is 0 Å². The highest BCUT2D eigenvalue weighted by molar-refractivity contribution is 7.11. The highest BCUT2D eigenvalue weighted by atomic mass is 35.5. The van der Waals surface area contributed by atoms with Gasteiger partial charge in [0.1, 0.15) is 10.8 Å². The number of aromatic nitrogens is 1. The second-order valence-electron chi connectivity index (χ2n) is 5.08. The molecule has 1 unspecified atom stereocenters. The summed E-state index contributed by atoms with van der Waals surface area (Å²) in [5, 5.41) is 4.63. The molecule has 0 saturated carbocycles. The summed E-state index contributed by atoms with van der Waals surface area (Å²) in [6, 6.07) is 4.64. The van der Waals surface area contributed by atoms with E-state index in [1.807, 2.05) is 27.7 Å². The molecule has 1 aromatic heterocycles. The third-order valence-corrected chi connectivity index (χ3v) is 4.55. The molecule has 0 saturated heterocycles. The number of nitrogens with zero attached hydrogens (tertiary/aromatic N) is 1. The van der Waals surface area contributed by atoms with Crippen LogP contribution in [0.1, 0.15) is 41.0 Å². The van der Waals surface area contributed by atoms with Crippen LogP contribution in [-0.2, 0) is 0 Å². The number of halogens is 2. The van der Waals surface area contributed by atoms with Crippen LogP contribution in [0.15, 0.2) is 18.2 Å². The molecule has 1 atom stereocenters. The van der Waals surface area contributed by atoms with Crippen LogP contribution in [0.4, 0.5) is 4.39 Å². The summed E-state index contributed by atoms with van der Waals surface area (Å²) in [5.41, 5.74) is 1.45. The minimum atomic E-state index is -0.318. The third kappa shape index (κ3) is 3.19. The smallest absolute Gasteiger partial charge is 0.129 e. The number of benzene rings is 1. The molecular formula is C15H18ClFN2S. The van der Waals surface area contributed by atoms with Crippen LogP contribution < -0.4 is 5.32 Å². The molecule has 0 amide bonds. The molecule has 5 heteroatoms. The summed E-state index contributed by atoms with van der Waals surface area (Å²) in [6.07, 6.45) is 0. The van der Waals surface area contributed by atoms with Crippen molar-refractivity contribution in [1.29, 1.82) is 0 Å². The van der Waals surface area contributed by atoms with E-state index in [-0.39, 0.29) is 17.9 Å². The lowest BCUT2D eigenvalue weighted by atomic mass is 10.1. The number of nitrogens with one attached hydrogen (secondary N) is 1. The zero-order valence-electron chi connectivity index (χ0n) is 12.0. The van der Waals surface area contributed by atoms with Gasteiger partial charge in [0.25, 0.3) is 0 Å². The van der Waals surface area contributed by atoms with Crippen molar-refractivity contribution in [2.45, 2.75) is 39.8 Å². The van der Waals surface area contributed by atoms with E-state index < -0.39 is 0 Å². The van der Waals surface area contributed by atoms with Gasteiger partial charge in [-0.3, -0.25) is 0 Å². The maximum Gasteiger partial charge on any atom is 0.129 e. The van der Waals surface area contributed by atoms with Gasteiger partial charge in [-0.15, -0.1) is 11.3 Å². The van der Waals surface area contributed by atoms with Gasteiger partial charge in [0.2, 0.25) is 0 Å². The maximum atomic E-state index is 14.2. The summed E-state index contributed by atoms with van der Waals surface area (Å²) >= 11 is 7.78. The summed E-state index contributed by atoms with van der Waals surface area (Å²) in [6.45, 7) is 8.03. The molecule has 2 nitrogen and oxygen atoms in total. The molecule has 2 aromatic rings. The van der Waals surface area contributed by atoms with Gasteiger partial charge in [-0.1, -0.05) is 17.7 Å². The molecular weight excluding hydrogens is 295 g/mol. The molecule has 1 aromatic carbocycles. The molecule has 1 heterocycles. The predicted octanol–water partition coefficient (Wildman–Crippen LogP) is 4.64. The Morgan fingerprint density at radius 3 is 2.50 bits per heavy atom. The van der Waals surface area contributed by atoms with Gasteiger partial charge in [0, 0.05) is 21.5 Å². The average molecular weight is 313 g/mol. The fourth-order valence-corrected chi connectivity index (χ4v) is 3.28. The topological polar surface area (TPSA) is 24.9 Å². The van der Waals surface area contributed by atoms with Crippen LogP contribution in [-0.4, -0.2) is 11.0 Å². The molecule has 0 radical (unpaired) electrons. The normalized spacial score (nSPS) is 12.9. The lowest BCUT2D eigenvalue weighted by molar-refractivity contribution is 0.501. The van der Waals surface area contributed by atoms with Gasteiger partial charge in [-0.05, 0) is 39.8 Å². The third-order valence-electron chi connectivity index (χ3n) is 3.08. The molecule has 20 heavy (non-hydrogen) atoms. The molecule has 2 rings (SSSR count). The van der Waals surface area contributed by atoms with Crippen LogP contribution in [0, 0.1) is 19.7 Å². The predicted molar refractivity (Wildman–Crippen MR) is 83.1 cm³/mol. The number of aryl methyl sites for hydroxylation is 2. The molecule has 0 aliphatic carbocycles. The Morgan fingerprint density at radius 2 is 2.00 bits per heavy atom. The van der Waals surface area contributed by atoms with Gasteiger partial charge < -0.3 is 5.32 Å². The largest absolute Gasteiger partial charge is 0.302 e. The molecule has 0 fully saturated rings. The van der Waals surface area contributed by atoms with E-state index in [2.05, 4.69) is 10.3 Å². The average Bonchev–Trinajstić information content (AvgIpc) is 2.67. The van der Waals surface area contributed by atoms with Crippen molar-refractivity contribution >= 4 is 22.9 Å². The Labute approximate surface area is 128 Å². The molecule has 0 spiro atoms. The molecule has 0 aliphatic heterocycles. The fourth-order valence-electron chi connectivity index (χ4n) is 2.02. The zero-order chi connectivity index (χ0) is 14.9. The van der Waals surface area contributed by atoms with Crippen molar-refractivity contribution in [2.24, 2.45) is 0 Å². The van der Waals surface area contributed by atoms with Crippen molar-refractivity contribution < 1.29 is 4.39 Å². The first kappa shape index (κ1) is 15.4. The van der Waals surface area contributed by atoms with Gasteiger partial charge in [0.05, 0.1) is 11.7 Å². The number of rotatable bonds is 4. The fraction of sp³-hybridized carbons (Fsp3) is 0.400.